The van der Waals surface area contributed by atoms with Crippen LogP contribution in [-0.4, -0.2) is 10.2 Å². The first-order chi connectivity index (χ1) is 6.61. The van der Waals surface area contributed by atoms with Crippen molar-refractivity contribution < 1.29 is 14.8 Å². The molecule has 2 N–H and O–H groups in total. The van der Waals surface area contributed by atoms with Crippen LogP contribution in [0.1, 0.15) is 5.69 Å². The average Bonchev–Trinajstić information content (AvgIpc) is 2.17. The third kappa shape index (κ3) is 1.09. The highest BCUT2D eigenvalue weighted by molar-refractivity contribution is 5.91. The topological polar surface area (TPSA) is 44.3 Å². The van der Waals surface area contributed by atoms with Crippen molar-refractivity contribution >= 4 is 10.8 Å². The van der Waals surface area contributed by atoms with Crippen molar-refractivity contribution in [2.75, 3.05) is 0 Å². The smallest absolute Gasteiger partial charge is 0.189 e. The number of phenols is 2. The number of fused-ring (bicyclic) bond motifs is 1. The number of hydrogen-bond donors (Lipinski definition) is 2. The minimum Gasteiger partial charge on any atom is -0.504 e. The first-order valence-electron chi connectivity index (χ1n) is 4.41. The van der Waals surface area contributed by atoms with E-state index in [1.54, 1.807) is 6.07 Å². The van der Waals surface area contributed by atoms with Gasteiger partial charge in [0.1, 0.15) is 7.05 Å². The highest BCUT2D eigenvalue weighted by atomic mass is 16.3. The highest BCUT2D eigenvalue weighted by Crippen LogP contribution is 2.33. The van der Waals surface area contributed by atoms with E-state index in [2.05, 4.69) is 0 Å². The van der Waals surface area contributed by atoms with Crippen LogP contribution in [0.5, 0.6) is 11.5 Å². The standard InChI is InChI=1S/C11H11NO2/c1-7-10-8(5-6-12(7)2)3-4-9(13)11(10)14/h3-6,13H,1-2H3/p+1. The number of aromatic nitrogens is 1. The molecule has 3 nitrogen and oxygen atoms in total. The predicted octanol–water partition coefficient (Wildman–Crippen LogP) is 1.38. The molecule has 3 heteroatoms. The van der Waals surface area contributed by atoms with Gasteiger partial charge in [0, 0.05) is 13.0 Å². The van der Waals surface area contributed by atoms with Crippen molar-refractivity contribution in [1.29, 1.82) is 0 Å². The Labute approximate surface area is 81.9 Å². The van der Waals surface area contributed by atoms with Gasteiger partial charge in [0.25, 0.3) is 0 Å². The third-order valence-electron chi connectivity index (χ3n) is 2.56. The molecule has 0 amide bonds. The molecule has 1 aromatic carbocycles. The fourth-order valence-electron chi connectivity index (χ4n) is 1.60. The molecule has 72 valence electrons. The zero-order valence-electron chi connectivity index (χ0n) is 8.15. The zero-order chi connectivity index (χ0) is 10.3. The summed E-state index contributed by atoms with van der Waals surface area (Å²) in [6.07, 6.45) is 1.92. The molecule has 0 saturated carbocycles. The summed E-state index contributed by atoms with van der Waals surface area (Å²) >= 11 is 0. The molecular weight excluding hydrogens is 178 g/mol. The molecule has 0 aliphatic rings. The number of benzene rings is 1. The van der Waals surface area contributed by atoms with Crippen molar-refractivity contribution in [1.82, 2.24) is 0 Å². The molecule has 0 atom stereocenters. The van der Waals surface area contributed by atoms with E-state index in [9.17, 15) is 10.2 Å². The summed E-state index contributed by atoms with van der Waals surface area (Å²) in [5.41, 5.74) is 0.927. The van der Waals surface area contributed by atoms with Crippen molar-refractivity contribution in [3.63, 3.8) is 0 Å². The van der Waals surface area contributed by atoms with Gasteiger partial charge >= 0.3 is 0 Å². The van der Waals surface area contributed by atoms with Crippen LogP contribution < -0.4 is 4.57 Å². The lowest BCUT2D eigenvalue weighted by Gasteiger charge is -2.04. The van der Waals surface area contributed by atoms with Crippen LogP contribution in [0.2, 0.25) is 0 Å². The van der Waals surface area contributed by atoms with Crippen LogP contribution in [0.25, 0.3) is 10.8 Å². The van der Waals surface area contributed by atoms with E-state index in [0.29, 0.717) is 5.39 Å². The summed E-state index contributed by atoms with van der Waals surface area (Å²) < 4.78 is 1.90. The Morgan fingerprint density at radius 3 is 2.57 bits per heavy atom. The zero-order valence-corrected chi connectivity index (χ0v) is 8.15. The number of nitrogens with zero attached hydrogens (tertiary/aromatic N) is 1. The average molecular weight is 190 g/mol. The molecule has 2 aromatic rings. The van der Waals surface area contributed by atoms with E-state index in [0.717, 1.165) is 11.1 Å². The number of pyridine rings is 1. The molecule has 0 aliphatic carbocycles. The molecule has 0 spiro atoms. The Balaban J connectivity index is 2.98. The Kier molecular flexibility index (Phi) is 1.81. The maximum atomic E-state index is 9.70. The third-order valence-corrected chi connectivity index (χ3v) is 2.56. The van der Waals surface area contributed by atoms with Gasteiger partial charge in [-0.1, -0.05) is 0 Å². The molecule has 1 heterocycles. The van der Waals surface area contributed by atoms with Crippen LogP contribution in [0.3, 0.4) is 0 Å². The molecule has 0 unspecified atom stereocenters. The van der Waals surface area contributed by atoms with Crippen LogP contribution in [0.4, 0.5) is 0 Å². The maximum absolute atomic E-state index is 9.70. The van der Waals surface area contributed by atoms with Gasteiger partial charge in [0.2, 0.25) is 0 Å². The van der Waals surface area contributed by atoms with Crippen molar-refractivity contribution in [2.45, 2.75) is 6.92 Å². The molecule has 0 aliphatic heterocycles. The molecule has 2 rings (SSSR count). The minimum absolute atomic E-state index is 0.0452. The summed E-state index contributed by atoms with van der Waals surface area (Å²) in [4.78, 5) is 0. The van der Waals surface area contributed by atoms with E-state index < -0.39 is 0 Å². The lowest BCUT2D eigenvalue weighted by atomic mass is 10.1. The molecule has 1 aromatic heterocycles. The first kappa shape index (κ1) is 8.81. The van der Waals surface area contributed by atoms with E-state index in [1.165, 1.54) is 6.07 Å². The van der Waals surface area contributed by atoms with Gasteiger partial charge in [-0.3, -0.25) is 0 Å². The Bertz CT molecular complexity index is 463. The number of aromatic hydroxyl groups is 2. The minimum atomic E-state index is -0.0770. The van der Waals surface area contributed by atoms with Crippen LogP contribution in [0, 0.1) is 6.92 Å². The summed E-state index contributed by atoms with van der Waals surface area (Å²) in [5.74, 6) is -0.122. The van der Waals surface area contributed by atoms with Crippen LogP contribution in [0.15, 0.2) is 24.4 Å². The second-order valence-electron chi connectivity index (χ2n) is 3.41. The van der Waals surface area contributed by atoms with Gasteiger partial charge in [0.05, 0.1) is 5.39 Å². The maximum Gasteiger partial charge on any atom is 0.189 e. The Hall–Kier alpha value is -1.77. The number of phenolic OH excluding ortho intramolecular Hbond substituents is 2. The number of hydrogen-bond acceptors (Lipinski definition) is 2. The van der Waals surface area contributed by atoms with Crippen LogP contribution in [-0.2, 0) is 7.05 Å². The first-order valence-corrected chi connectivity index (χ1v) is 4.41. The van der Waals surface area contributed by atoms with E-state index in [1.807, 2.05) is 30.8 Å². The van der Waals surface area contributed by atoms with Gasteiger partial charge < -0.3 is 10.2 Å². The predicted molar refractivity (Wildman–Crippen MR) is 53.2 cm³/mol. The van der Waals surface area contributed by atoms with Crippen molar-refractivity contribution in [3.8, 4) is 11.5 Å². The SMILES string of the molecule is Cc1c2c(O)c(O)ccc2cc[n+]1C. The molecule has 0 bridgehead atoms. The van der Waals surface area contributed by atoms with Crippen LogP contribution >= 0.6 is 0 Å². The lowest BCUT2D eigenvalue weighted by molar-refractivity contribution is -0.676. The quantitative estimate of drug-likeness (QED) is 0.487. The molecular formula is C11H12NO2+. The molecule has 0 radical (unpaired) electrons. The van der Waals surface area contributed by atoms with E-state index in [4.69, 9.17) is 0 Å². The fourth-order valence-corrected chi connectivity index (χ4v) is 1.60. The van der Waals surface area contributed by atoms with Crippen molar-refractivity contribution in [3.05, 3.63) is 30.1 Å². The normalized spacial score (nSPS) is 10.7. The second kappa shape index (κ2) is 2.87. The summed E-state index contributed by atoms with van der Waals surface area (Å²) in [7, 11) is 1.90. The Morgan fingerprint density at radius 1 is 1.14 bits per heavy atom. The summed E-state index contributed by atoms with van der Waals surface area (Å²) in [6, 6.07) is 5.19. The fraction of sp³-hybridized carbons (Fsp3) is 0.182. The van der Waals surface area contributed by atoms with Gasteiger partial charge in [-0.25, -0.2) is 4.57 Å². The number of aryl methyl sites for hydroxylation is 2. The molecule has 0 saturated heterocycles. The summed E-state index contributed by atoms with van der Waals surface area (Å²) in [6.45, 7) is 1.90. The highest BCUT2D eigenvalue weighted by Gasteiger charge is 2.13. The number of rotatable bonds is 0. The molecule has 14 heavy (non-hydrogen) atoms. The van der Waals surface area contributed by atoms with Gasteiger partial charge in [-0.05, 0) is 17.5 Å². The summed E-state index contributed by atoms with van der Waals surface area (Å²) in [5, 5.41) is 20.7. The molecule has 0 fully saturated rings. The Morgan fingerprint density at radius 2 is 1.86 bits per heavy atom. The van der Waals surface area contributed by atoms with Crippen molar-refractivity contribution in [2.24, 2.45) is 7.05 Å². The van der Waals surface area contributed by atoms with E-state index >= 15 is 0 Å². The monoisotopic (exact) mass is 190 g/mol. The van der Waals surface area contributed by atoms with E-state index in [-0.39, 0.29) is 11.5 Å². The van der Waals surface area contributed by atoms with Gasteiger partial charge in [0.15, 0.2) is 23.4 Å². The van der Waals surface area contributed by atoms with Gasteiger partial charge in [-0.15, -0.1) is 0 Å². The largest absolute Gasteiger partial charge is 0.504 e. The second-order valence-corrected chi connectivity index (χ2v) is 3.41. The van der Waals surface area contributed by atoms with Gasteiger partial charge in [-0.2, -0.15) is 0 Å². The lowest BCUT2D eigenvalue weighted by Crippen LogP contribution is -2.31.